The summed E-state index contributed by atoms with van der Waals surface area (Å²) >= 11 is 0. The Morgan fingerprint density at radius 2 is 1.94 bits per heavy atom. The van der Waals surface area contributed by atoms with Crippen LogP contribution in [0.25, 0.3) is 0 Å². The average molecular weight is 424 g/mol. The van der Waals surface area contributed by atoms with E-state index in [1.54, 1.807) is 19.2 Å². The second kappa shape index (κ2) is 9.45. The number of ether oxygens (including phenoxy) is 1. The zero-order valence-corrected chi connectivity index (χ0v) is 18.4. The summed E-state index contributed by atoms with van der Waals surface area (Å²) in [5, 5.41) is 11.5. The Hall–Kier alpha value is -2.97. The number of hydrogen-bond acceptors (Lipinski definition) is 6. The Morgan fingerprint density at radius 3 is 2.71 bits per heavy atom. The molecule has 0 spiro atoms. The molecule has 31 heavy (non-hydrogen) atoms. The standard InChI is InChI=1S/C23H29N5O3/c1-16-10-17(2)12-18(11-16)14-27-7-6-21-25-26-22(28(21)9-8-27)13-24-23(29)20-5-4-19(31-20)15-30-3/h4-5,10-12H,6-9,13-15H2,1-3H3,(H,24,29). The Labute approximate surface area is 182 Å². The third-order valence-corrected chi connectivity index (χ3v) is 5.46. The lowest BCUT2D eigenvalue weighted by Crippen LogP contribution is -2.28. The summed E-state index contributed by atoms with van der Waals surface area (Å²) in [4.78, 5) is 14.8. The molecule has 1 aromatic carbocycles. The molecule has 3 heterocycles. The van der Waals surface area contributed by atoms with E-state index in [1.807, 2.05) is 0 Å². The number of amides is 1. The van der Waals surface area contributed by atoms with E-state index >= 15 is 0 Å². The number of nitrogens with zero attached hydrogens (tertiary/aromatic N) is 4. The number of aryl methyl sites for hydroxylation is 2. The van der Waals surface area contributed by atoms with Gasteiger partial charge < -0.3 is 19.0 Å². The molecule has 0 atom stereocenters. The van der Waals surface area contributed by atoms with Crippen LogP contribution < -0.4 is 5.32 Å². The van der Waals surface area contributed by atoms with Crippen molar-refractivity contribution in [3.63, 3.8) is 0 Å². The van der Waals surface area contributed by atoms with Gasteiger partial charge in [-0.1, -0.05) is 29.3 Å². The van der Waals surface area contributed by atoms with E-state index in [-0.39, 0.29) is 11.7 Å². The monoisotopic (exact) mass is 423 g/mol. The van der Waals surface area contributed by atoms with Crippen molar-refractivity contribution >= 4 is 5.91 Å². The van der Waals surface area contributed by atoms with Crippen LogP contribution in [0.1, 0.15) is 44.7 Å². The van der Waals surface area contributed by atoms with Crippen molar-refractivity contribution in [1.82, 2.24) is 25.0 Å². The fourth-order valence-electron chi connectivity index (χ4n) is 4.10. The Morgan fingerprint density at radius 1 is 1.13 bits per heavy atom. The van der Waals surface area contributed by atoms with E-state index in [0.717, 1.165) is 44.2 Å². The fraction of sp³-hybridized carbons (Fsp3) is 0.435. The van der Waals surface area contributed by atoms with Crippen LogP contribution in [0.5, 0.6) is 0 Å². The zero-order valence-electron chi connectivity index (χ0n) is 18.4. The van der Waals surface area contributed by atoms with Gasteiger partial charge in [-0.25, -0.2) is 0 Å². The van der Waals surface area contributed by atoms with Crippen LogP contribution in [0.4, 0.5) is 0 Å². The number of hydrogen-bond donors (Lipinski definition) is 1. The molecular weight excluding hydrogens is 394 g/mol. The minimum Gasteiger partial charge on any atom is -0.453 e. The number of rotatable bonds is 7. The van der Waals surface area contributed by atoms with Gasteiger partial charge in [-0.3, -0.25) is 9.69 Å². The number of furan rings is 1. The van der Waals surface area contributed by atoms with Crippen LogP contribution in [0.15, 0.2) is 34.7 Å². The van der Waals surface area contributed by atoms with E-state index in [1.165, 1.54) is 16.7 Å². The number of benzene rings is 1. The SMILES string of the molecule is COCc1ccc(C(=O)NCc2nnc3n2CCN(Cc2cc(C)cc(C)c2)CC3)o1. The van der Waals surface area contributed by atoms with Gasteiger partial charge in [0.25, 0.3) is 5.91 Å². The van der Waals surface area contributed by atoms with Gasteiger partial charge >= 0.3 is 0 Å². The molecular formula is C23H29N5O3. The van der Waals surface area contributed by atoms with Gasteiger partial charge in [-0.05, 0) is 31.5 Å². The van der Waals surface area contributed by atoms with Crippen LogP contribution in [-0.4, -0.2) is 45.8 Å². The molecule has 0 saturated heterocycles. The number of fused-ring (bicyclic) bond motifs is 1. The second-order valence-electron chi connectivity index (χ2n) is 8.09. The summed E-state index contributed by atoms with van der Waals surface area (Å²) in [6.07, 6.45) is 0.838. The maximum Gasteiger partial charge on any atom is 0.287 e. The number of carbonyl (C=O) groups excluding carboxylic acids is 1. The molecule has 164 valence electrons. The van der Waals surface area contributed by atoms with Gasteiger partial charge in [0.15, 0.2) is 11.6 Å². The summed E-state index contributed by atoms with van der Waals surface area (Å²) < 4.78 is 12.6. The fourth-order valence-corrected chi connectivity index (χ4v) is 4.10. The molecule has 4 rings (SSSR count). The molecule has 1 aliphatic heterocycles. The van der Waals surface area contributed by atoms with Crippen LogP contribution >= 0.6 is 0 Å². The molecule has 0 fully saturated rings. The van der Waals surface area contributed by atoms with Gasteiger partial charge in [0.2, 0.25) is 0 Å². The van der Waals surface area contributed by atoms with Gasteiger partial charge in [-0.15, -0.1) is 10.2 Å². The maximum absolute atomic E-state index is 12.4. The Balaban J connectivity index is 1.35. The number of nitrogens with one attached hydrogen (secondary N) is 1. The van der Waals surface area contributed by atoms with Crippen LogP contribution in [-0.2, 0) is 37.4 Å². The molecule has 1 aliphatic rings. The van der Waals surface area contributed by atoms with Gasteiger partial charge in [0, 0.05) is 39.7 Å². The van der Waals surface area contributed by atoms with Crippen molar-refractivity contribution < 1.29 is 13.9 Å². The summed E-state index contributed by atoms with van der Waals surface area (Å²) in [5.74, 6) is 2.34. The van der Waals surface area contributed by atoms with Crippen LogP contribution in [0, 0.1) is 13.8 Å². The van der Waals surface area contributed by atoms with Crippen LogP contribution in [0.3, 0.4) is 0 Å². The smallest absolute Gasteiger partial charge is 0.287 e. The van der Waals surface area contributed by atoms with Crippen molar-refractivity contribution in [3.8, 4) is 0 Å². The molecule has 1 N–H and O–H groups in total. The normalized spacial score (nSPS) is 14.3. The molecule has 0 saturated carbocycles. The third kappa shape index (κ3) is 5.21. The van der Waals surface area contributed by atoms with Crippen molar-refractivity contribution in [2.24, 2.45) is 0 Å². The number of aromatic nitrogens is 3. The molecule has 0 aliphatic carbocycles. The highest BCUT2D eigenvalue weighted by atomic mass is 16.5. The highest BCUT2D eigenvalue weighted by Crippen LogP contribution is 2.15. The molecule has 0 bridgehead atoms. The lowest BCUT2D eigenvalue weighted by molar-refractivity contribution is 0.0913. The van der Waals surface area contributed by atoms with Crippen molar-refractivity contribution in [1.29, 1.82) is 0 Å². The zero-order chi connectivity index (χ0) is 21.8. The maximum atomic E-state index is 12.4. The summed E-state index contributed by atoms with van der Waals surface area (Å²) in [6, 6.07) is 10.1. The number of methoxy groups -OCH3 is 1. The minimum absolute atomic E-state index is 0.266. The first kappa shape index (κ1) is 21.3. The van der Waals surface area contributed by atoms with E-state index in [0.29, 0.717) is 18.9 Å². The van der Waals surface area contributed by atoms with E-state index < -0.39 is 0 Å². The molecule has 0 unspecified atom stereocenters. The predicted molar refractivity (Wildman–Crippen MR) is 116 cm³/mol. The van der Waals surface area contributed by atoms with Crippen molar-refractivity contribution in [2.45, 2.75) is 46.5 Å². The van der Waals surface area contributed by atoms with Crippen molar-refractivity contribution in [2.75, 3.05) is 20.2 Å². The lowest BCUT2D eigenvalue weighted by atomic mass is 10.1. The molecule has 2 aromatic heterocycles. The van der Waals surface area contributed by atoms with Crippen LogP contribution in [0.2, 0.25) is 0 Å². The van der Waals surface area contributed by atoms with E-state index in [9.17, 15) is 4.79 Å². The Bertz CT molecular complexity index is 1040. The largest absolute Gasteiger partial charge is 0.453 e. The van der Waals surface area contributed by atoms with E-state index in [2.05, 4.69) is 57.0 Å². The minimum atomic E-state index is -0.273. The first-order valence-corrected chi connectivity index (χ1v) is 10.6. The first-order valence-electron chi connectivity index (χ1n) is 10.6. The quantitative estimate of drug-likeness (QED) is 0.629. The molecule has 8 nitrogen and oxygen atoms in total. The summed E-state index contributed by atoms with van der Waals surface area (Å²) in [6.45, 7) is 8.51. The molecule has 0 radical (unpaired) electrons. The van der Waals surface area contributed by atoms with Gasteiger partial charge in [0.1, 0.15) is 18.2 Å². The second-order valence-corrected chi connectivity index (χ2v) is 8.09. The van der Waals surface area contributed by atoms with Gasteiger partial charge in [0.05, 0.1) is 6.54 Å². The van der Waals surface area contributed by atoms with E-state index in [4.69, 9.17) is 9.15 Å². The van der Waals surface area contributed by atoms with Gasteiger partial charge in [-0.2, -0.15) is 0 Å². The third-order valence-electron chi connectivity index (χ3n) is 5.46. The lowest BCUT2D eigenvalue weighted by Gasteiger charge is -2.20. The summed E-state index contributed by atoms with van der Waals surface area (Å²) in [5.41, 5.74) is 3.94. The summed E-state index contributed by atoms with van der Waals surface area (Å²) in [7, 11) is 1.59. The average Bonchev–Trinajstić information content (AvgIpc) is 3.30. The first-order chi connectivity index (χ1) is 15.0. The highest BCUT2D eigenvalue weighted by molar-refractivity contribution is 5.91. The molecule has 8 heteroatoms. The topological polar surface area (TPSA) is 85.4 Å². The highest BCUT2D eigenvalue weighted by Gasteiger charge is 2.20. The van der Waals surface area contributed by atoms with Crippen molar-refractivity contribution in [3.05, 3.63) is 70.2 Å². The molecule has 3 aromatic rings. The Kier molecular flexibility index (Phi) is 6.48. The predicted octanol–water partition coefficient (Wildman–Crippen LogP) is 2.62. The molecule has 1 amide bonds. The number of carbonyl (C=O) groups is 1.